The predicted octanol–water partition coefficient (Wildman–Crippen LogP) is 13.2. The van der Waals surface area contributed by atoms with Crippen LogP contribution in [0.4, 0.5) is 4.79 Å². The molecule has 1 unspecified atom stereocenters. The lowest BCUT2D eigenvalue weighted by Crippen LogP contribution is -2.51. The van der Waals surface area contributed by atoms with Crippen LogP contribution in [-0.4, -0.2) is 37.4 Å². The highest BCUT2D eigenvalue weighted by atomic mass is 35.5. The van der Waals surface area contributed by atoms with E-state index in [0.29, 0.717) is 46.8 Å². The average molecular weight is 832 g/mol. The molecule has 4 aliphatic rings. The highest BCUT2D eigenvalue weighted by molar-refractivity contribution is 6.32. The molecule has 2 aromatic rings. The molecule has 3 saturated carbocycles. The molecule has 59 heavy (non-hydrogen) atoms. The lowest BCUT2D eigenvalue weighted by atomic mass is 9.47. The number of benzene rings is 2. The molecule has 0 bridgehead atoms. The normalized spacial score (nSPS) is 27.6. The topological polar surface area (TPSA) is 97.4 Å². The standard InChI is InChI=1S/C50H67ClO8/c1-7-46(52)56-30-11-9-8-10-29-55-45-24-15-35(31-44(45)51)47(53)57-37-17-19-38(20-18-37)58-48(54)59-39-25-27-49(5)36(32-39)16-21-40-42-23-22-41(34(4)14-12-13-33(2)3)50(42,6)28-26-43(40)49/h7,15-20,24,31,33-34,39-43H,1,8-14,21-23,25-30,32H2,2-6H3/t34-,39?,40+,41-,42+,43+,49+,50-/m1/s1. The first-order valence-corrected chi connectivity index (χ1v) is 22.8. The van der Waals surface area contributed by atoms with Crippen molar-refractivity contribution in [3.8, 4) is 17.2 Å². The van der Waals surface area contributed by atoms with Crippen molar-refractivity contribution in [2.45, 2.75) is 137 Å². The molecule has 8 atom stereocenters. The fourth-order valence-corrected chi connectivity index (χ4v) is 11.7. The second-order valence-electron chi connectivity index (χ2n) is 18.8. The maximum absolute atomic E-state index is 13.0. The molecule has 0 saturated heterocycles. The van der Waals surface area contributed by atoms with E-state index in [1.54, 1.807) is 36.4 Å². The zero-order valence-corrected chi connectivity index (χ0v) is 36.9. The molecule has 2 aromatic carbocycles. The minimum atomic E-state index is -0.714. The molecule has 0 spiro atoms. The summed E-state index contributed by atoms with van der Waals surface area (Å²) in [7, 11) is 0. The smallest absolute Gasteiger partial charge is 0.492 e. The summed E-state index contributed by atoms with van der Waals surface area (Å²) in [5.41, 5.74) is 2.40. The molecule has 6 rings (SSSR count). The van der Waals surface area contributed by atoms with Gasteiger partial charge in [-0.05, 0) is 159 Å². The van der Waals surface area contributed by atoms with E-state index >= 15 is 0 Å². The molecule has 0 aromatic heterocycles. The lowest BCUT2D eigenvalue weighted by Gasteiger charge is -2.58. The molecule has 8 nitrogen and oxygen atoms in total. The molecule has 9 heteroatoms. The van der Waals surface area contributed by atoms with Gasteiger partial charge in [0.2, 0.25) is 0 Å². The summed E-state index contributed by atoms with van der Waals surface area (Å²) in [6.07, 6.45) is 19.5. The van der Waals surface area contributed by atoms with E-state index in [9.17, 15) is 14.4 Å². The Morgan fingerprint density at radius 3 is 2.29 bits per heavy atom. The Hall–Kier alpha value is -3.78. The monoisotopic (exact) mass is 830 g/mol. The summed E-state index contributed by atoms with van der Waals surface area (Å²) in [6, 6.07) is 11.1. The zero-order chi connectivity index (χ0) is 42.2. The van der Waals surface area contributed by atoms with Gasteiger partial charge in [-0.1, -0.05) is 83.7 Å². The summed E-state index contributed by atoms with van der Waals surface area (Å²) >= 11 is 6.41. The van der Waals surface area contributed by atoms with E-state index < -0.39 is 18.1 Å². The molecule has 0 heterocycles. The van der Waals surface area contributed by atoms with Gasteiger partial charge in [-0.15, -0.1) is 0 Å². The third kappa shape index (κ3) is 10.9. The number of rotatable bonds is 18. The van der Waals surface area contributed by atoms with Crippen molar-refractivity contribution in [3.63, 3.8) is 0 Å². The van der Waals surface area contributed by atoms with Crippen LogP contribution in [0.5, 0.6) is 17.2 Å². The van der Waals surface area contributed by atoms with E-state index in [1.165, 1.54) is 56.6 Å². The largest absolute Gasteiger partial charge is 0.514 e. The molecule has 4 aliphatic carbocycles. The molecular weight excluding hydrogens is 764 g/mol. The van der Waals surface area contributed by atoms with Crippen LogP contribution in [0.1, 0.15) is 141 Å². The van der Waals surface area contributed by atoms with Crippen molar-refractivity contribution in [3.05, 3.63) is 77.4 Å². The van der Waals surface area contributed by atoms with Crippen LogP contribution in [0.2, 0.25) is 5.02 Å². The third-order valence-electron chi connectivity index (χ3n) is 14.6. The first kappa shape index (κ1) is 44.8. The fraction of sp³-hybridized carbons (Fsp3) is 0.620. The molecule has 322 valence electrons. The summed E-state index contributed by atoms with van der Waals surface area (Å²) in [5, 5.41) is 0.307. The highest BCUT2D eigenvalue weighted by Gasteiger charge is 2.59. The van der Waals surface area contributed by atoms with Gasteiger partial charge in [0, 0.05) is 12.5 Å². The summed E-state index contributed by atoms with van der Waals surface area (Å²) < 4.78 is 27.8. The molecule has 3 fully saturated rings. The van der Waals surface area contributed by atoms with E-state index in [0.717, 1.165) is 87.0 Å². The van der Waals surface area contributed by atoms with Gasteiger partial charge in [0.15, 0.2) is 0 Å². The van der Waals surface area contributed by atoms with Gasteiger partial charge < -0.3 is 23.7 Å². The van der Waals surface area contributed by atoms with Crippen LogP contribution in [0.3, 0.4) is 0 Å². The Labute approximate surface area is 357 Å². The Bertz CT molecular complexity index is 1800. The zero-order valence-electron chi connectivity index (χ0n) is 36.1. The number of esters is 2. The van der Waals surface area contributed by atoms with Gasteiger partial charge in [0.1, 0.15) is 23.4 Å². The Morgan fingerprint density at radius 1 is 0.847 bits per heavy atom. The van der Waals surface area contributed by atoms with E-state index in [4.69, 9.17) is 35.3 Å². The number of allylic oxidation sites excluding steroid dienone is 1. The average Bonchev–Trinajstić information content (AvgIpc) is 3.57. The fourth-order valence-electron chi connectivity index (χ4n) is 11.5. The number of unbranched alkanes of at least 4 members (excludes halogenated alkanes) is 3. The van der Waals surface area contributed by atoms with E-state index in [1.807, 2.05) is 0 Å². The molecule has 0 aliphatic heterocycles. The van der Waals surface area contributed by atoms with Crippen molar-refractivity contribution in [1.82, 2.24) is 0 Å². The van der Waals surface area contributed by atoms with Gasteiger partial charge in [-0.3, -0.25) is 0 Å². The van der Waals surface area contributed by atoms with Gasteiger partial charge in [-0.25, -0.2) is 14.4 Å². The highest BCUT2D eigenvalue weighted by Crippen LogP contribution is 2.67. The number of halogens is 1. The quantitative estimate of drug-likeness (QED) is 0.0366. The number of fused-ring (bicyclic) bond motifs is 5. The summed E-state index contributed by atoms with van der Waals surface area (Å²) in [6.45, 7) is 16.6. The van der Waals surface area contributed by atoms with E-state index in [-0.39, 0.29) is 17.1 Å². The lowest BCUT2D eigenvalue weighted by molar-refractivity contribution is -0.137. The Morgan fingerprint density at radius 2 is 1.58 bits per heavy atom. The third-order valence-corrected chi connectivity index (χ3v) is 14.9. The van der Waals surface area contributed by atoms with Gasteiger partial charge in [0.05, 0.1) is 23.8 Å². The Balaban J connectivity index is 0.931. The summed E-state index contributed by atoms with van der Waals surface area (Å²) in [5.74, 6) is 4.86. The molecule has 0 radical (unpaired) electrons. The van der Waals surface area contributed by atoms with Gasteiger partial charge in [-0.2, -0.15) is 0 Å². The number of hydrogen-bond acceptors (Lipinski definition) is 8. The number of ether oxygens (including phenoxy) is 5. The SMILES string of the molecule is C=CC(=O)OCCCCCCOc1ccc(C(=O)Oc2ccc(OC(=O)OC3CC[C@@]4(C)C(=CC[C@H]5[C@@H]6CC[C@H]([C@H](C)CCCC(C)C)[C@@]6(C)CC[C@@H]54)C3)cc2)cc1Cl. The van der Waals surface area contributed by atoms with Crippen molar-refractivity contribution in [2.75, 3.05) is 13.2 Å². The van der Waals surface area contributed by atoms with E-state index in [2.05, 4.69) is 47.3 Å². The van der Waals surface area contributed by atoms with Gasteiger partial charge >= 0.3 is 18.1 Å². The van der Waals surface area contributed by atoms with Crippen LogP contribution in [0, 0.1) is 46.3 Å². The van der Waals surface area contributed by atoms with Crippen LogP contribution < -0.4 is 14.2 Å². The Kier molecular flexibility index (Phi) is 15.3. The first-order chi connectivity index (χ1) is 28.3. The molecule has 0 amide bonds. The maximum atomic E-state index is 13.0. The minimum absolute atomic E-state index is 0.177. The van der Waals surface area contributed by atoms with Crippen molar-refractivity contribution < 1.29 is 38.1 Å². The number of hydrogen-bond donors (Lipinski definition) is 0. The van der Waals surface area contributed by atoms with Crippen molar-refractivity contribution in [2.24, 2.45) is 46.3 Å². The van der Waals surface area contributed by atoms with Gasteiger partial charge in [0.25, 0.3) is 0 Å². The molecular formula is C50H67ClO8. The van der Waals surface area contributed by atoms with Crippen molar-refractivity contribution >= 4 is 29.7 Å². The van der Waals surface area contributed by atoms with Crippen LogP contribution in [-0.2, 0) is 14.3 Å². The van der Waals surface area contributed by atoms with Crippen LogP contribution in [0.25, 0.3) is 0 Å². The van der Waals surface area contributed by atoms with Crippen molar-refractivity contribution in [1.29, 1.82) is 0 Å². The first-order valence-electron chi connectivity index (χ1n) is 22.4. The summed E-state index contributed by atoms with van der Waals surface area (Å²) in [4.78, 5) is 37.0. The predicted molar refractivity (Wildman–Crippen MR) is 232 cm³/mol. The second-order valence-corrected chi connectivity index (χ2v) is 19.2. The second kappa shape index (κ2) is 20.2. The number of carbonyl (C=O) groups is 3. The van der Waals surface area contributed by atoms with Crippen LogP contribution >= 0.6 is 11.6 Å². The minimum Gasteiger partial charge on any atom is -0.492 e. The van der Waals surface area contributed by atoms with Crippen LogP contribution in [0.15, 0.2) is 66.8 Å². The maximum Gasteiger partial charge on any atom is 0.514 e. The number of carbonyl (C=O) groups excluding carboxylic acids is 3. The molecule has 0 N–H and O–H groups in total.